The van der Waals surface area contributed by atoms with Crippen LogP contribution in [0.1, 0.15) is 30.5 Å². The normalized spacial score (nSPS) is 12.7. The number of carbonyl (C=O) groups excluding carboxylic acids is 2. The Labute approximate surface area is 207 Å². The SMILES string of the molecule is CCNC(=O)[C@H](C)N(Cc1cccc(C)c1)C(=O)CN(c1ccc(Cl)c(C(F)(F)F)c1)S(C)(=O)=O. The Morgan fingerprint density at radius 3 is 2.34 bits per heavy atom. The van der Waals surface area contributed by atoms with E-state index in [0.29, 0.717) is 22.5 Å². The molecule has 0 bridgehead atoms. The first-order valence-corrected chi connectivity index (χ1v) is 12.8. The predicted molar refractivity (Wildman–Crippen MR) is 129 cm³/mol. The number of carbonyl (C=O) groups is 2. The number of nitrogens with one attached hydrogen (secondary N) is 1. The number of rotatable bonds is 9. The molecule has 35 heavy (non-hydrogen) atoms. The lowest BCUT2D eigenvalue weighted by Gasteiger charge is -2.31. The molecule has 2 aromatic rings. The van der Waals surface area contributed by atoms with Crippen LogP contribution in [0.25, 0.3) is 0 Å². The number of sulfonamides is 1. The van der Waals surface area contributed by atoms with E-state index in [-0.39, 0.29) is 12.2 Å². The molecule has 0 saturated carbocycles. The second-order valence-corrected chi connectivity index (χ2v) is 10.3. The third-order valence-corrected chi connectivity index (χ3v) is 6.65. The highest BCUT2D eigenvalue weighted by molar-refractivity contribution is 7.92. The van der Waals surface area contributed by atoms with Gasteiger partial charge in [0.2, 0.25) is 21.8 Å². The van der Waals surface area contributed by atoms with Gasteiger partial charge >= 0.3 is 6.18 Å². The zero-order valence-electron chi connectivity index (χ0n) is 19.7. The van der Waals surface area contributed by atoms with Gasteiger partial charge in [-0.25, -0.2) is 8.42 Å². The van der Waals surface area contributed by atoms with Crippen molar-refractivity contribution in [2.45, 2.75) is 39.5 Å². The topological polar surface area (TPSA) is 86.8 Å². The lowest BCUT2D eigenvalue weighted by atomic mass is 10.1. The van der Waals surface area contributed by atoms with Crippen LogP contribution in [0.5, 0.6) is 0 Å². The number of alkyl halides is 3. The Morgan fingerprint density at radius 1 is 1.14 bits per heavy atom. The van der Waals surface area contributed by atoms with E-state index in [0.717, 1.165) is 24.0 Å². The van der Waals surface area contributed by atoms with Crippen molar-refractivity contribution in [1.82, 2.24) is 10.2 Å². The molecule has 12 heteroatoms. The van der Waals surface area contributed by atoms with Gasteiger partial charge in [0.05, 0.1) is 22.5 Å². The van der Waals surface area contributed by atoms with Crippen molar-refractivity contribution in [3.63, 3.8) is 0 Å². The lowest BCUT2D eigenvalue weighted by Crippen LogP contribution is -2.51. The maximum atomic E-state index is 13.4. The molecule has 192 valence electrons. The Hall–Kier alpha value is -2.79. The second kappa shape index (κ2) is 11.3. The highest BCUT2D eigenvalue weighted by Crippen LogP contribution is 2.37. The van der Waals surface area contributed by atoms with Gasteiger partial charge in [0.1, 0.15) is 12.6 Å². The van der Waals surface area contributed by atoms with E-state index in [1.165, 1.54) is 11.8 Å². The Balaban J connectivity index is 2.47. The summed E-state index contributed by atoms with van der Waals surface area (Å²) in [6, 6.07) is 8.81. The Kier molecular flexibility index (Phi) is 9.18. The zero-order valence-corrected chi connectivity index (χ0v) is 21.3. The molecule has 0 radical (unpaired) electrons. The van der Waals surface area contributed by atoms with Crippen LogP contribution in [0.15, 0.2) is 42.5 Å². The molecule has 0 aliphatic rings. The number of hydrogen-bond acceptors (Lipinski definition) is 4. The van der Waals surface area contributed by atoms with Crippen LogP contribution in [-0.2, 0) is 32.3 Å². The fourth-order valence-electron chi connectivity index (χ4n) is 3.41. The molecule has 0 saturated heterocycles. The third kappa shape index (κ3) is 7.60. The van der Waals surface area contributed by atoms with E-state index in [9.17, 15) is 31.2 Å². The molecular formula is C23H27ClF3N3O4S. The summed E-state index contributed by atoms with van der Waals surface area (Å²) in [4.78, 5) is 27.1. The average Bonchev–Trinajstić information content (AvgIpc) is 2.74. The van der Waals surface area contributed by atoms with E-state index in [1.54, 1.807) is 19.1 Å². The van der Waals surface area contributed by atoms with Gasteiger partial charge in [0, 0.05) is 13.1 Å². The van der Waals surface area contributed by atoms with Crippen molar-refractivity contribution < 1.29 is 31.2 Å². The Bertz CT molecular complexity index is 1190. The van der Waals surface area contributed by atoms with Crippen molar-refractivity contribution in [1.29, 1.82) is 0 Å². The number of amides is 2. The van der Waals surface area contributed by atoms with Crippen molar-refractivity contribution >= 4 is 39.1 Å². The predicted octanol–water partition coefficient (Wildman–Crippen LogP) is 3.99. The number of aryl methyl sites for hydroxylation is 1. The number of halogens is 4. The summed E-state index contributed by atoms with van der Waals surface area (Å²) in [5, 5.41) is 2.01. The Morgan fingerprint density at radius 2 is 1.80 bits per heavy atom. The van der Waals surface area contributed by atoms with Crippen LogP contribution in [0, 0.1) is 6.92 Å². The molecule has 1 N–H and O–H groups in total. The van der Waals surface area contributed by atoms with E-state index in [2.05, 4.69) is 5.32 Å². The summed E-state index contributed by atoms with van der Waals surface area (Å²) < 4.78 is 65.6. The quantitative estimate of drug-likeness (QED) is 0.528. The monoisotopic (exact) mass is 533 g/mol. The van der Waals surface area contributed by atoms with E-state index >= 15 is 0 Å². The van der Waals surface area contributed by atoms with E-state index < -0.39 is 51.2 Å². The third-order valence-electron chi connectivity index (χ3n) is 5.18. The molecule has 0 spiro atoms. The fourth-order valence-corrected chi connectivity index (χ4v) is 4.48. The number of anilines is 1. The molecule has 0 fully saturated rings. The summed E-state index contributed by atoms with van der Waals surface area (Å²) in [6.45, 7) is 4.55. The van der Waals surface area contributed by atoms with Gasteiger partial charge in [-0.1, -0.05) is 41.4 Å². The molecule has 0 unspecified atom stereocenters. The first kappa shape index (κ1) is 28.4. The molecule has 0 heterocycles. The first-order valence-electron chi connectivity index (χ1n) is 10.6. The van der Waals surface area contributed by atoms with Crippen LogP contribution in [0.2, 0.25) is 5.02 Å². The lowest BCUT2D eigenvalue weighted by molar-refractivity contribution is -0.139. The standard InChI is InChI=1S/C23H27ClF3N3O4S/c1-5-28-22(32)16(3)29(13-17-8-6-7-15(2)11-17)21(31)14-30(35(4,33)34)18-9-10-20(24)19(12-18)23(25,26)27/h6-12,16H,5,13-14H2,1-4H3,(H,28,32)/t16-/m0/s1. The maximum Gasteiger partial charge on any atom is 0.417 e. The largest absolute Gasteiger partial charge is 0.417 e. The van der Waals surface area contributed by atoms with Gasteiger partial charge in [-0.3, -0.25) is 13.9 Å². The number of nitrogens with zero attached hydrogens (tertiary/aromatic N) is 2. The van der Waals surface area contributed by atoms with Gasteiger partial charge < -0.3 is 10.2 Å². The van der Waals surface area contributed by atoms with Crippen LogP contribution < -0.4 is 9.62 Å². The summed E-state index contributed by atoms with van der Waals surface area (Å²) in [7, 11) is -4.18. The van der Waals surface area contributed by atoms with Crippen LogP contribution in [-0.4, -0.2) is 50.5 Å². The second-order valence-electron chi connectivity index (χ2n) is 8.01. The summed E-state index contributed by atoms with van der Waals surface area (Å²) >= 11 is 5.66. The van der Waals surface area contributed by atoms with Crippen molar-refractivity contribution in [3.05, 3.63) is 64.2 Å². The molecule has 1 atom stereocenters. The molecular weight excluding hydrogens is 507 g/mol. The summed E-state index contributed by atoms with van der Waals surface area (Å²) in [5.74, 6) is -1.22. The first-order chi connectivity index (χ1) is 16.1. The molecule has 0 aromatic heterocycles. The molecule has 2 aromatic carbocycles. The van der Waals surface area contributed by atoms with Gasteiger partial charge in [-0.2, -0.15) is 13.2 Å². The molecule has 0 aliphatic carbocycles. The van der Waals surface area contributed by atoms with Gasteiger partial charge in [-0.15, -0.1) is 0 Å². The van der Waals surface area contributed by atoms with Crippen LogP contribution >= 0.6 is 11.6 Å². The van der Waals surface area contributed by atoms with Gasteiger partial charge in [0.25, 0.3) is 0 Å². The minimum atomic E-state index is -4.83. The minimum Gasteiger partial charge on any atom is -0.355 e. The van der Waals surface area contributed by atoms with Gasteiger partial charge in [0.15, 0.2) is 0 Å². The molecule has 7 nitrogen and oxygen atoms in total. The van der Waals surface area contributed by atoms with Crippen LogP contribution in [0.3, 0.4) is 0 Å². The number of benzene rings is 2. The van der Waals surface area contributed by atoms with Crippen molar-refractivity contribution in [2.24, 2.45) is 0 Å². The highest BCUT2D eigenvalue weighted by atomic mass is 35.5. The smallest absolute Gasteiger partial charge is 0.355 e. The summed E-state index contributed by atoms with van der Waals surface area (Å²) in [5.41, 5.74) is 0.00856. The fraction of sp³-hybridized carbons (Fsp3) is 0.391. The molecule has 0 aliphatic heterocycles. The van der Waals surface area contributed by atoms with E-state index in [1.807, 2.05) is 19.1 Å². The van der Waals surface area contributed by atoms with Crippen LogP contribution in [0.4, 0.5) is 18.9 Å². The van der Waals surface area contributed by atoms with Crippen molar-refractivity contribution in [3.8, 4) is 0 Å². The number of likely N-dealkylation sites (N-methyl/N-ethyl adjacent to an activating group) is 1. The minimum absolute atomic E-state index is 0.00909. The maximum absolute atomic E-state index is 13.4. The number of hydrogen-bond donors (Lipinski definition) is 1. The van der Waals surface area contributed by atoms with E-state index in [4.69, 9.17) is 11.6 Å². The average molecular weight is 534 g/mol. The highest BCUT2D eigenvalue weighted by Gasteiger charge is 2.35. The van der Waals surface area contributed by atoms with Gasteiger partial charge in [-0.05, 0) is 44.5 Å². The molecule has 2 rings (SSSR count). The van der Waals surface area contributed by atoms with Crippen molar-refractivity contribution in [2.75, 3.05) is 23.7 Å². The summed E-state index contributed by atoms with van der Waals surface area (Å²) in [6.07, 6.45) is -4.05. The zero-order chi connectivity index (χ0) is 26.6. The molecule has 2 amide bonds.